The highest BCUT2D eigenvalue weighted by molar-refractivity contribution is 5.90. The number of aromatic nitrogens is 2. The molecule has 1 amide bonds. The van der Waals surface area contributed by atoms with Crippen molar-refractivity contribution in [1.82, 2.24) is 19.8 Å². The maximum atomic E-state index is 13.6. The number of aryl methyl sites for hydroxylation is 1. The van der Waals surface area contributed by atoms with E-state index in [1.54, 1.807) is 28.5 Å². The number of rotatable bonds is 9. The van der Waals surface area contributed by atoms with Crippen molar-refractivity contribution in [1.29, 1.82) is 0 Å². The Morgan fingerprint density at radius 3 is 2.64 bits per heavy atom. The van der Waals surface area contributed by atoms with Gasteiger partial charge in [-0.1, -0.05) is 40.0 Å². The van der Waals surface area contributed by atoms with Crippen LogP contribution in [-0.4, -0.2) is 57.3 Å². The molecular weight excluding hydrogens is 560 g/mol. The van der Waals surface area contributed by atoms with E-state index in [2.05, 4.69) is 19.2 Å². The van der Waals surface area contributed by atoms with Crippen LogP contribution in [0.2, 0.25) is 0 Å². The van der Waals surface area contributed by atoms with E-state index < -0.39 is 11.6 Å². The molecule has 3 aliphatic heterocycles. The zero-order valence-electron chi connectivity index (χ0n) is 25.9. The number of likely N-dealkylation sites (tertiary alicyclic amines) is 1. The summed E-state index contributed by atoms with van der Waals surface area (Å²) in [6.45, 7) is 8.47. The van der Waals surface area contributed by atoms with E-state index in [0.29, 0.717) is 60.4 Å². The Bertz CT molecular complexity index is 1660. The third-order valence-electron chi connectivity index (χ3n) is 9.55. The monoisotopic (exact) mass is 602 g/mol. The molecule has 6 rings (SSSR count). The molecule has 0 aliphatic carbocycles. The zero-order valence-corrected chi connectivity index (χ0v) is 25.9. The van der Waals surface area contributed by atoms with Crippen molar-refractivity contribution >= 4 is 23.0 Å². The number of piperidine rings is 1. The van der Waals surface area contributed by atoms with E-state index in [0.717, 1.165) is 41.4 Å². The maximum Gasteiger partial charge on any atom is 0.415 e. The second kappa shape index (κ2) is 12.3. The fourth-order valence-electron chi connectivity index (χ4n) is 6.90. The number of nitrogens with zero attached hydrogens (tertiary/aromatic N) is 3. The minimum atomic E-state index is -1.87. The van der Waals surface area contributed by atoms with E-state index >= 15 is 0 Å². The molecule has 5 heterocycles. The lowest BCUT2D eigenvalue weighted by molar-refractivity contribution is -0.172. The summed E-state index contributed by atoms with van der Waals surface area (Å²) in [6.07, 6.45) is 7.21. The average molecular weight is 603 g/mol. The van der Waals surface area contributed by atoms with Crippen LogP contribution in [0.25, 0.3) is 22.3 Å². The topological polar surface area (TPSA) is 123 Å². The second-order valence-electron chi connectivity index (χ2n) is 12.2. The highest BCUT2D eigenvalue weighted by Gasteiger charge is 2.45. The molecule has 0 unspecified atom stereocenters. The normalized spacial score (nSPS) is 19.5. The lowest BCUT2D eigenvalue weighted by atomic mass is 9.86. The number of unbranched alkanes of at least 4 members (excludes halogenated alkanes) is 3. The highest BCUT2D eigenvalue weighted by Crippen LogP contribution is 2.40. The van der Waals surface area contributed by atoms with Crippen LogP contribution in [0.5, 0.6) is 5.75 Å². The number of hydrogen-bond donors (Lipinski definition) is 2. The van der Waals surface area contributed by atoms with Gasteiger partial charge in [0, 0.05) is 35.6 Å². The van der Waals surface area contributed by atoms with Gasteiger partial charge in [-0.25, -0.2) is 14.6 Å². The maximum absolute atomic E-state index is 13.6. The molecule has 3 aromatic rings. The molecule has 2 aromatic heterocycles. The Labute approximate surface area is 257 Å². The molecule has 1 atom stereocenters. The lowest BCUT2D eigenvalue weighted by Gasteiger charge is -2.31. The summed E-state index contributed by atoms with van der Waals surface area (Å²) in [5, 5.41) is 15.7. The number of aliphatic hydroxyl groups is 1. The van der Waals surface area contributed by atoms with Crippen LogP contribution in [0.15, 0.2) is 29.1 Å². The van der Waals surface area contributed by atoms with Crippen molar-refractivity contribution in [2.45, 2.75) is 96.9 Å². The predicted molar refractivity (Wildman–Crippen MR) is 167 cm³/mol. The Kier molecular flexibility index (Phi) is 8.48. The van der Waals surface area contributed by atoms with Crippen LogP contribution in [0.1, 0.15) is 88.0 Å². The van der Waals surface area contributed by atoms with Crippen LogP contribution < -0.4 is 15.6 Å². The van der Waals surface area contributed by atoms with Gasteiger partial charge >= 0.3 is 12.1 Å². The number of hydrogen-bond acceptors (Lipinski definition) is 8. The highest BCUT2D eigenvalue weighted by atomic mass is 16.6. The van der Waals surface area contributed by atoms with E-state index in [4.69, 9.17) is 14.5 Å². The lowest BCUT2D eigenvalue weighted by Crippen LogP contribution is -2.46. The molecule has 0 spiro atoms. The summed E-state index contributed by atoms with van der Waals surface area (Å²) in [6, 6.07) is 7.62. The number of carbonyl (C=O) groups excluding carboxylic acids is 2. The third kappa shape index (κ3) is 5.28. The SMILES string of the molecule is CCCCCCNC1CCN(C(=O)Oc2ccc3nc4c(c(CC)c3c2)Cn2c-4cc3c(c2=O)COC(=O)[C@]3(O)CC)CC1. The number of ether oxygens (including phenoxy) is 2. The van der Waals surface area contributed by atoms with Crippen LogP contribution in [0.3, 0.4) is 0 Å². The van der Waals surface area contributed by atoms with Gasteiger partial charge in [0.15, 0.2) is 5.60 Å². The van der Waals surface area contributed by atoms with Crippen molar-refractivity contribution in [2.75, 3.05) is 19.6 Å². The van der Waals surface area contributed by atoms with Gasteiger partial charge < -0.3 is 29.4 Å². The molecule has 3 aliphatic rings. The summed E-state index contributed by atoms with van der Waals surface area (Å²) in [4.78, 5) is 45.9. The fourth-order valence-corrected chi connectivity index (χ4v) is 6.90. The van der Waals surface area contributed by atoms with Gasteiger partial charge in [-0.05, 0) is 68.5 Å². The molecule has 1 fully saturated rings. The van der Waals surface area contributed by atoms with E-state index in [1.807, 2.05) is 12.1 Å². The van der Waals surface area contributed by atoms with Gasteiger partial charge in [-0.3, -0.25) is 4.79 Å². The summed E-state index contributed by atoms with van der Waals surface area (Å²) in [7, 11) is 0. The molecule has 0 saturated carbocycles. The summed E-state index contributed by atoms with van der Waals surface area (Å²) in [5.74, 6) is -0.279. The first-order valence-corrected chi connectivity index (χ1v) is 16.1. The second-order valence-corrected chi connectivity index (χ2v) is 12.2. The molecule has 0 radical (unpaired) electrons. The third-order valence-corrected chi connectivity index (χ3v) is 9.55. The Morgan fingerprint density at radius 2 is 1.91 bits per heavy atom. The van der Waals surface area contributed by atoms with Gasteiger partial charge in [0.05, 0.1) is 29.0 Å². The summed E-state index contributed by atoms with van der Waals surface area (Å²) in [5.41, 5.74) is 2.35. The van der Waals surface area contributed by atoms with Crippen LogP contribution in [0, 0.1) is 0 Å². The minimum absolute atomic E-state index is 0.0927. The number of amides is 1. The Morgan fingerprint density at radius 1 is 1.11 bits per heavy atom. The van der Waals surface area contributed by atoms with Crippen molar-refractivity contribution in [3.05, 3.63) is 56.9 Å². The fraction of sp³-hybridized carbons (Fsp3) is 0.529. The molecule has 0 bridgehead atoms. The summed E-state index contributed by atoms with van der Waals surface area (Å²) < 4.78 is 12.7. The first-order valence-electron chi connectivity index (χ1n) is 16.1. The van der Waals surface area contributed by atoms with Crippen LogP contribution >= 0.6 is 0 Å². The Balaban J connectivity index is 1.22. The number of pyridine rings is 2. The molecule has 1 saturated heterocycles. The van der Waals surface area contributed by atoms with Crippen LogP contribution in [0.4, 0.5) is 4.79 Å². The smallest absolute Gasteiger partial charge is 0.415 e. The first-order chi connectivity index (χ1) is 21.3. The zero-order chi connectivity index (χ0) is 31.0. The number of benzene rings is 1. The number of carbonyl (C=O) groups is 2. The molecular formula is C34H42N4O6. The van der Waals surface area contributed by atoms with Crippen LogP contribution in [-0.2, 0) is 34.7 Å². The molecule has 10 heteroatoms. The summed E-state index contributed by atoms with van der Waals surface area (Å²) >= 11 is 0. The van der Waals surface area contributed by atoms with Gasteiger partial charge in [0.25, 0.3) is 5.56 Å². The predicted octanol–water partition coefficient (Wildman–Crippen LogP) is 4.78. The van der Waals surface area contributed by atoms with Crippen molar-refractivity contribution in [3.8, 4) is 17.1 Å². The van der Waals surface area contributed by atoms with Gasteiger partial charge in [-0.2, -0.15) is 0 Å². The van der Waals surface area contributed by atoms with E-state index in [1.165, 1.54) is 25.7 Å². The average Bonchev–Trinajstić information content (AvgIpc) is 3.40. The largest absolute Gasteiger partial charge is 0.458 e. The van der Waals surface area contributed by atoms with Crippen molar-refractivity contribution in [2.24, 2.45) is 0 Å². The molecule has 44 heavy (non-hydrogen) atoms. The standard InChI is InChI=1S/C34H42N4O6/c1-4-7-8-9-14-35-21-12-15-37(16-13-21)33(41)44-22-10-11-28-24(17-22)23(5-2)25-19-38-29(30(25)36-28)18-27-26(31(38)39)20-43-32(40)34(27,42)6-3/h10-11,17-18,21,35,42H,4-9,12-16,19-20H2,1-3H3/t34-/m0/s1. The quantitative estimate of drug-likeness (QED) is 0.207. The van der Waals surface area contributed by atoms with Gasteiger partial charge in [0.1, 0.15) is 12.4 Å². The van der Waals surface area contributed by atoms with E-state index in [-0.39, 0.29) is 24.7 Å². The minimum Gasteiger partial charge on any atom is -0.458 e. The van der Waals surface area contributed by atoms with Gasteiger partial charge in [-0.15, -0.1) is 0 Å². The molecule has 10 nitrogen and oxygen atoms in total. The van der Waals surface area contributed by atoms with E-state index in [9.17, 15) is 19.5 Å². The van der Waals surface area contributed by atoms with Gasteiger partial charge in [0.2, 0.25) is 0 Å². The first kappa shape index (κ1) is 30.3. The Hall–Kier alpha value is -3.76. The number of fused-ring (bicyclic) bond motifs is 5. The molecule has 2 N–H and O–H groups in total. The van der Waals surface area contributed by atoms with Crippen molar-refractivity contribution < 1.29 is 24.2 Å². The van der Waals surface area contributed by atoms with Crippen molar-refractivity contribution in [3.63, 3.8) is 0 Å². The number of nitrogens with one attached hydrogen (secondary N) is 1. The molecule has 234 valence electrons. The number of cyclic esters (lactones) is 1. The molecule has 1 aromatic carbocycles. The number of esters is 1.